The molecule has 1 aromatic rings. The van der Waals surface area contributed by atoms with Gasteiger partial charge in [0.1, 0.15) is 0 Å². The van der Waals surface area contributed by atoms with Crippen LogP contribution in [0.25, 0.3) is 0 Å². The molecular weight excluding hydrogens is 289 g/mol. The lowest BCUT2D eigenvalue weighted by molar-refractivity contribution is 0.612. The summed E-state index contributed by atoms with van der Waals surface area (Å²) in [5.74, 6) is 0. The van der Waals surface area contributed by atoms with Crippen molar-refractivity contribution in [1.29, 1.82) is 0 Å². The summed E-state index contributed by atoms with van der Waals surface area (Å²) < 4.78 is 22.1. The van der Waals surface area contributed by atoms with Gasteiger partial charge in [-0.2, -0.15) is 0 Å². The van der Waals surface area contributed by atoms with Crippen molar-refractivity contribution in [2.45, 2.75) is 4.90 Å². The normalized spacial score (nSPS) is 11.2. The van der Waals surface area contributed by atoms with E-state index >= 15 is 0 Å². The van der Waals surface area contributed by atoms with Gasteiger partial charge in [-0.1, -0.05) is 6.07 Å². The van der Waals surface area contributed by atoms with E-state index in [4.69, 9.17) is 0 Å². The molecule has 66 valence electrons. The molecule has 0 bridgehead atoms. The first-order valence-corrected chi connectivity index (χ1v) is 7.29. The number of nitrogens with one attached hydrogen (secondary N) is 1. The van der Waals surface area contributed by atoms with Crippen LogP contribution < -0.4 is 5.32 Å². The summed E-state index contributed by atoms with van der Waals surface area (Å²) in [7, 11) is -1.36. The van der Waals surface area contributed by atoms with Crippen molar-refractivity contribution in [2.75, 3.05) is 12.4 Å². The van der Waals surface area contributed by atoms with E-state index in [0.29, 0.717) is 4.90 Å². The Morgan fingerprint density at radius 1 is 1.42 bits per heavy atom. The molecule has 0 aliphatic carbocycles. The fraction of sp³-hybridized carbons (Fsp3) is 0.143. The molecule has 0 aliphatic heterocycles. The van der Waals surface area contributed by atoms with Gasteiger partial charge in [-0.25, -0.2) is 8.42 Å². The predicted molar refractivity (Wildman–Crippen MR) is 57.2 cm³/mol. The highest BCUT2D eigenvalue weighted by molar-refractivity contribution is 14.2. The number of anilines is 1. The Morgan fingerprint density at radius 3 is 2.58 bits per heavy atom. The second kappa shape index (κ2) is 3.61. The summed E-state index contributed by atoms with van der Waals surface area (Å²) in [5.41, 5.74) is 0.799. The van der Waals surface area contributed by atoms with Crippen molar-refractivity contribution in [3.05, 3.63) is 24.3 Å². The number of benzene rings is 1. The summed E-state index contributed by atoms with van der Waals surface area (Å²) in [6.07, 6.45) is 0. The Labute approximate surface area is 83.7 Å². The molecule has 0 spiro atoms. The molecule has 1 N–H and O–H groups in total. The van der Waals surface area contributed by atoms with Gasteiger partial charge in [-0.3, -0.25) is 0 Å². The number of halogens is 1. The third-order valence-electron chi connectivity index (χ3n) is 1.40. The molecular formula is C7H8INO2S. The first kappa shape index (κ1) is 9.79. The van der Waals surface area contributed by atoms with Gasteiger partial charge in [0.2, 0.25) is 7.01 Å². The third kappa shape index (κ3) is 2.34. The zero-order valence-electron chi connectivity index (χ0n) is 6.41. The van der Waals surface area contributed by atoms with E-state index in [2.05, 4.69) is 5.32 Å². The largest absolute Gasteiger partial charge is 0.388 e. The van der Waals surface area contributed by atoms with Gasteiger partial charge < -0.3 is 5.32 Å². The molecule has 0 aromatic heterocycles. The van der Waals surface area contributed by atoms with Crippen molar-refractivity contribution in [3.63, 3.8) is 0 Å². The maximum absolute atomic E-state index is 11.1. The van der Waals surface area contributed by atoms with Crippen LogP contribution in [0.5, 0.6) is 0 Å². The molecule has 0 heterocycles. The van der Waals surface area contributed by atoms with E-state index in [-0.39, 0.29) is 0 Å². The molecule has 0 aliphatic rings. The Bertz CT molecular complexity index is 375. The zero-order chi connectivity index (χ0) is 9.19. The molecule has 1 aromatic carbocycles. The van der Waals surface area contributed by atoms with Gasteiger partial charge in [0, 0.05) is 12.7 Å². The van der Waals surface area contributed by atoms with Crippen molar-refractivity contribution < 1.29 is 8.42 Å². The van der Waals surface area contributed by atoms with E-state index in [9.17, 15) is 8.42 Å². The van der Waals surface area contributed by atoms with Crippen LogP contribution in [0, 0.1) is 0 Å². The number of rotatable bonds is 2. The van der Waals surface area contributed by atoms with Gasteiger partial charge in [0.15, 0.2) is 0 Å². The second-order valence-electron chi connectivity index (χ2n) is 2.22. The molecule has 5 heteroatoms. The average molecular weight is 297 g/mol. The highest BCUT2D eigenvalue weighted by Crippen LogP contribution is 2.20. The highest BCUT2D eigenvalue weighted by Gasteiger charge is 2.08. The summed E-state index contributed by atoms with van der Waals surface area (Å²) in [4.78, 5) is 0.329. The van der Waals surface area contributed by atoms with Crippen LogP contribution in [0.2, 0.25) is 0 Å². The van der Waals surface area contributed by atoms with Crippen molar-refractivity contribution >= 4 is 33.9 Å². The molecule has 0 unspecified atom stereocenters. The quantitative estimate of drug-likeness (QED) is 0.669. The van der Waals surface area contributed by atoms with Crippen molar-refractivity contribution in [2.24, 2.45) is 0 Å². The third-order valence-corrected chi connectivity index (χ3v) is 3.75. The van der Waals surface area contributed by atoms with Crippen molar-refractivity contribution in [3.8, 4) is 0 Å². The molecule has 0 amide bonds. The molecule has 0 atom stereocenters. The van der Waals surface area contributed by atoms with Crippen LogP contribution in [0.4, 0.5) is 5.69 Å². The maximum Gasteiger partial charge on any atom is 0.231 e. The van der Waals surface area contributed by atoms with E-state index in [0.717, 1.165) is 5.69 Å². The number of hydrogen-bond donors (Lipinski definition) is 1. The molecule has 0 saturated heterocycles. The molecule has 1 rings (SSSR count). The first-order chi connectivity index (χ1) is 5.54. The summed E-state index contributed by atoms with van der Waals surface area (Å²) in [6.45, 7) is 0. The Balaban J connectivity index is 3.20. The smallest absolute Gasteiger partial charge is 0.231 e. The van der Waals surface area contributed by atoms with E-state index in [1.165, 1.54) is 21.2 Å². The van der Waals surface area contributed by atoms with E-state index in [1.807, 2.05) is 6.07 Å². The van der Waals surface area contributed by atoms with Gasteiger partial charge >= 0.3 is 0 Å². The summed E-state index contributed by atoms with van der Waals surface area (Å²) in [6, 6.07) is 6.69. The lowest BCUT2D eigenvalue weighted by atomic mass is 10.3. The van der Waals surface area contributed by atoms with Gasteiger partial charge in [-0.15, -0.1) is 0 Å². The predicted octanol–water partition coefficient (Wildman–Crippen LogP) is 1.85. The van der Waals surface area contributed by atoms with E-state index in [1.54, 1.807) is 25.2 Å². The minimum Gasteiger partial charge on any atom is -0.388 e. The Morgan fingerprint density at radius 2 is 2.08 bits per heavy atom. The minimum absolute atomic E-state index is 0.329. The lowest BCUT2D eigenvalue weighted by Gasteiger charge is -2.00. The Hall–Kier alpha value is -0.300. The van der Waals surface area contributed by atoms with Crippen LogP contribution in [-0.4, -0.2) is 15.5 Å². The van der Waals surface area contributed by atoms with Crippen LogP contribution in [0.1, 0.15) is 0 Å². The fourth-order valence-corrected chi connectivity index (χ4v) is 2.13. The van der Waals surface area contributed by atoms with Gasteiger partial charge in [0.25, 0.3) is 0 Å². The van der Waals surface area contributed by atoms with Gasteiger partial charge in [-0.05, 0) is 18.2 Å². The van der Waals surface area contributed by atoms with Gasteiger partial charge in [0.05, 0.1) is 26.1 Å². The SMILES string of the molecule is CNc1cccc(S(=O)(=O)I)c1. The number of hydrogen-bond acceptors (Lipinski definition) is 3. The minimum atomic E-state index is -3.11. The first-order valence-electron chi connectivity index (χ1n) is 3.26. The summed E-state index contributed by atoms with van der Waals surface area (Å²) >= 11 is 1.42. The summed E-state index contributed by atoms with van der Waals surface area (Å²) in [5, 5.41) is 2.87. The Kier molecular flexibility index (Phi) is 2.94. The molecule has 12 heavy (non-hydrogen) atoms. The molecule has 0 saturated carbocycles. The lowest BCUT2D eigenvalue weighted by Crippen LogP contribution is -1.92. The van der Waals surface area contributed by atoms with Crippen LogP contribution in [0.3, 0.4) is 0 Å². The van der Waals surface area contributed by atoms with Crippen LogP contribution in [-0.2, 0) is 7.01 Å². The van der Waals surface area contributed by atoms with Crippen molar-refractivity contribution in [1.82, 2.24) is 0 Å². The monoisotopic (exact) mass is 297 g/mol. The van der Waals surface area contributed by atoms with E-state index < -0.39 is 7.01 Å². The zero-order valence-corrected chi connectivity index (χ0v) is 9.39. The highest BCUT2D eigenvalue weighted by atomic mass is 127. The maximum atomic E-state index is 11.1. The second-order valence-corrected chi connectivity index (χ2v) is 7.04. The molecule has 3 nitrogen and oxygen atoms in total. The fourth-order valence-electron chi connectivity index (χ4n) is 0.803. The molecule has 0 radical (unpaired) electrons. The standard InChI is InChI=1S/C7H8INO2S/c1-9-6-3-2-4-7(5-6)12(8,10)11/h2-5,9H,1H3. The topological polar surface area (TPSA) is 46.2 Å². The molecule has 0 fully saturated rings. The average Bonchev–Trinajstić information content (AvgIpc) is 2.03. The van der Waals surface area contributed by atoms with Crippen LogP contribution in [0.15, 0.2) is 29.2 Å². The van der Waals surface area contributed by atoms with Crippen LogP contribution >= 0.6 is 21.2 Å².